The quantitative estimate of drug-likeness (QED) is 0.155. The van der Waals surface area contributed by atoms with Gasteiger partial charge in [-0.25, -0.2) is 0 Å². The van der Waals surface area contributed by atoms with Gasteiger partial charge in [-0.1, -0.05) is 181 Å². The van der Waals surface area contributed by atoms with E-state index in [1.165, 1.54) is 132 Å². The smallest absolute Gasteiger partial charge is 0.0860 e. The predicted molar refractivity (Wildman–Crippen MR) is 320 cm³/mol. The molecule has 0 unspecified atom stereocenters. The fraction of sp³-hybridized carbons (Fsp3) is 0.167. The molecular weight excluding hydrogens is 909 g/mol. The third kappa shape index (κ3) is 6.63. The van der Waals surface area contributed by atoms with Crippen LogP contribution in [0.2, 0.25) is 0 Å². The fourth-order valence-electron chi connectivity index (χ4n) is 13.7. The standard InChI is InChI=1S/C36H31NO.C36H29N/c1-35(2)32-19-22(37-34-16-10-9-15-31(34)36(3,4)38)17-18-27(32)30-20-28-25-13-7-5-11-23(25)24-12-6-8-14-26(24)29(28)21-33(30)35;1-35(2)29-15-9-10-16-33(29)37-34-20-31-28(19-32(34)35)27-17-25-23-13-7-5-11-21(23)22-12-6-8-14-24(22)26(25)18-30(27)36(31,3)4/h5-21,37-38H,1-4H3;5-20,37H,1-4H3. The lowest BCUT2D eigenvalue weighted by molar-refractivity contribution is 0.0794. The van der Waals surface area contributed by atoms with E-state index in [4.69, 9.17) is 0 Å². The molecule has 15 rings (SSSR count). The summed E-state index contributed by atoms with van der Waals surface area (Å²) >= 11 is 0. The molecule has 3 N–H and O–H groups in total. The first-order valence-corrected chi connectivity index (χ1v) is 26.6. The van der Waals surface area contributed by atoms with Crippen molar-refractivity contribution in [1.29, 1.82) is 0 Å². The Morgan fingerprint density at radius 3 is 1.24 bits per heavy atom. The second kappa shape index (κ2) is 15.9. The van der Waals surface area contributed by atoms with E-state index >= 15 is 0 Å². The number of anilines is 4. The zero-order valence-electron chi connectivity index (χ0n) is 44.0. The average Bonchev–Trinajstić information content (AvgIpc) is 3.89. The van der Waals surface area contributed by atoms with Crippen molar-refractivity contribution < 1.29 is 5.11 Å². The number of benzene rings is 12. The van der Waals surface area contributed by atoms with E-state index in [1.807, 2.05) is 38.1 Å². The normalized spacial score (nSPS) is 15.2. The molecule has 12 aromatic rings. The van der Waals surface area contributed by atoms with Crippen molar-refractivity contribution in [3.8, 4) is 22.3 Å². The van der Waals surface area contributed by atoms with Crippen LogP contribution in [0.25, 0.3) is 86.9 Å². The van der Waals surface area contributed by atoms with E-state index in [0.717, 1.165) is 16.9 Å². The first kappa shape index (κ1) is 45.4. The lowest BCUT2D eigenvalue weighted by Gasteiger charge is -2.36. The van der Waals surface area contributed by atoms with Crippen LogP contribution in [-0.4, -0.2) is 5.11 Å². The molecule has 0 bridgehead atoms. The van der Waals surface area contributed by atoms with Crippen molar-refractivity contribution in [2.75, 3.05) is 10.6 Å². The van der Waals surface area contributed by atoms with Crippen molar-refractivity contribution in [3.63, 3.8) is 0 Å². The Balaban J connectivity index is 0.000000138. The fourth-order valence-corrected chi connectivity index (χ4v) is 13.7. The number of nitrogens with one attached hydrogen (secondary N) is 2. The molecule has 0 saturated carbocycles. The molecule has 1 heterocycles. The molecule has 0 saturated heterocycles. The van der Waals surface area contributed by atoms with Gasteiger partial charge in [0.05, 0.1) is 5.60 Å². The molecule has 3 nitrogen and oxygen atoms in total. The molecular formula is C72H60N2O. The number of hydrogen-bond donors (Lipinski definition) is 3. The summed E-state index contributed by atoms with van der Waals surface area (Å²) in [7, 11) is 0. The highest BCUT2D eigenvalue weighted by atomic mass is 16.3. The van der Waals surface area contributed by atoms with Crippen LogP contribution in [0.4, 0.5) is 22.7 Å². The molecule has 0 fully saturated rings. The van der Waals surface area contributed by atoms with Gasteiger partial charge >= 0.3 is 0 Å². The molecule has 0 amide bonds. The molecule has 364 valence electrons. The summed E-state index contributed by atoms with van der Waals surface area (Å²) in [5.74, 6) is 0. The number of rotatable bonds is 3. The highest BCUT2D eigenvalue weighted by Gasteiger charge is 2.41. The van der Waals surface area contributed by atoms with Gasteiger partial charge in [0.25, 0.3) is 0 Å². The molecule has 12 aromatic carbocycles. The summed E-state index contributed by atoms with van der Waals surface area (Å²) in [6.07, 6.45) is 0. The Labute approximate surface area is 439 Å². The Bertz CT molecular complexity index is 4430. The van der Waals surface area contributed by atoms with Crippen molar-refractivity contribution in [2.24, 2.45) is 0 Å². The molecule has 0 atom stereocenters. The maximum Gasteiger partial charge on any atom is 0.0860 e. The van der Waals surface area contributed by atoms with Gasteiger partial charge in [0.1, 0.15) is 0 Å². The van der Waals surface area contributed by atoms with Gasteiger partial charge in [-0.05, 0) is 195 Å². The van der Waals surface area contributed by atoms with Crippen LogP contribution in [0.1, 0.15) is 94.3 Å². The maximum atomic E-state index is 10.7. The number of hydrogen-bond acceptors (Lipinski definition) is 3. The molecule has 0 radical (unpaired) electrons. The molecule has 1 aliphatic heterocycles. The van der Waals surface area contributed by atoms with E-state index in [-0.39, 0.29) is 16.2 Å². The van der Waals surface area contributed by atoms with Gasteiger partial charge in [0.15, 0.2) is 0 Å². The van der Waals surface area contributed by atoms with Gasteiger partial charge in [0.2, 0.25) is 0 Å². The topological polar surface area (TPSA) is 44.3 Å². The van der Waals surface area contributed by atoms with Gasteiger partial charge in [-0.2, -0.15) is 0 Å². The highest BCUT2D eigenvalue weighted by Crippen LogP contribution is 2.57. The Morgan fingerprint density at radius 1 is 0.333 bits per heavy atom. The largest absolute Gasteiger partial charge is 0.386 e. The van der Waals surface area contributed by atoms with E-state index in [1.54, 1.807) is 0 Å². The van der Waals surface area contributed by atoms with Gasteiger partial charge in [0, 0.05) is 44.6 Å². The van der Waals surface area contributed by atoms with Crippen LogP contribution in [0.3, 0.4) is 0 Å². The first-order valence-electron chi connectivity index (χ1n) is 26.6. The van der Waals surface area contributed by atoms with E-state index in [0.29, 0.717) is 0 Å². The maximum absolute atomic E-state index is 10.7. The van der Waals surface area contributed by atoms with Gasteiger partial charge in [-0.3, -0.25) is 0 Å². The molecule has 2 aliphatic carbocycles. The van der Waals surface area contributed by atoms with Crippen molar-refractivity contribution in [2.45, 2.75) is 77.2 Å². The third-order valence-electron chi connectivity index (χ3n) is 17.6. The zero-order chi connectivity index (χ0) is 51.3. The summed E-state index contributed by atoms with van der Waals surface area (Å²) in [6, 6.07) is 73.5. The van der Waals surface area contributed by atoms with Gasteiger partial charge in [-0.15, -0.1) is 0 Å². The lowest BCUT2D eigenvalue weighted by Crippen LogP contribution is -2.26. The van der Waals surface area contributed by atoms with E-state index in [2.05, 4.69) is 228 Å². The summed E-state index contributed by atoms with van der Waals surface area (Å²) in [6.45, 7) is 17.8. The SMILES string of the molecule is CC(C)(O)c1ccccc1Nc1ccc2c(c1)C(C)(C)c1cc3c4ccccc4c4ccccc4c3cc1-2.CC1(C)c2ccccc2Nc2cc3c(cc21)-c1cc2c4ccccc4c4ccccc4c2cc1C3(C)C. The minimum atomic E-state index is -0.929. The summed E-state index contributed by atoms with van der Waals surface area (Å²) in [5, 5.41) is 33.9. The molecule has 75 heavy (non-hydrogen) atoms. The summed E-state index contributed by atoms with van der Waals surface area (Å²) in [4.78, 5) is 0. The Hall–Kier alpha value is -8.24. The number of para-hydroxylation sites is 2. The van der Waals surface area contributed by atoms with Crippen LogP contribution >= 0.6 is 0 Å². The van der Waals surface area contributed by atoms with Crippen LogP contribution in [0, 0.1) is 0 Å². The zero-order valence-corrected chi connectivity index (χ0v) is 44.0. The van der Waals surface area contributed by atoms with E-state index < -0.39 is 5.60 Å². The minimum Gasteiger partial charge on any atom is -0.386 e. The van der Waals surface area contributed by atoms with E-state index in [9.17, 15) is 5.11 Å². The third-order valence-corrected chi connectivity index (χ3v) is 17.6. The molecule has 3 aliphatic rings. The highest BCUT2D eigenvalue weighted by molar-refractivity contribution is 6.27. The first-order chi connectivity index (χ1) is 36.1. The lowest BCUT2D eigenvalue weighted by atomic mass is 9.72. The molecule has 0 aromatic heterocycles. The molecule has 3 heteroatoms. The van der Waals surface area contributed by atoms with Crippen molar-refractivity contribution in [1.82, 2.24) is 0 Å². The van der Waals surface area contributed by atoms with Crippen molar-refractivity contribution >= 4 is 87.4 Å². The summed E-state index contributed by atoms with van der Waals surface area (Å²) < 4.78 is 0. The van der Waals surface area contributed by atoms with Crippen LogP contribution < -0.4 is 10.6 Å². The predicted octanol–water partition coefficient (Wildman–Crippen LogP) is 19.3. The monoisotopic (exact) mass is 968 g/mol. The average molecular weight is 969 g/mol. The Morgan fingerprint density at radius 2 is 0.720 bits per heavy atom. The number of aliphatic hydroxyl groups is 1. The van der Waals surface area contributed by atoms with Crippen LogP contribution in [0.15, 0.2) is 200 Å². The van der Waals surface area contributed by atoms with Crippen LogP contribution in [0.5, 0.6) is 0 Å². The second-order valence-corrected chi connectivity index (χ2v) is 23.5. The Kier molecular flexibility index (Phi) is 9.61. The molecule has 0 spiro atoms. The van der Waals surface area contributed by atoms with Crippen LogP contribution in [-0.2, 0) is 21.8 Å². The second-order valence-electron chi connectivity index (χ2n) is 23.5. The minimum absolute atomic E-state index is 0.0706. The number of fused-ring (bicyclic) bond motifs is 20. The van der Waals surface area contributed by atoms with Gasteiger partial charge < -0.3 is 15.7 Å². The summed E-state index contributed by atoms with van der Waals surface area (Å²) in [5.41, 5.74) is 17.7. The van der Waals surface area contributed by atoms with Crippen molar-refractivity contribution in [3.05, 3.63) is 239 Å².